The molecule has 0 saturated carbocycles. The molecule has 0 saturated heterocycles. The van der Waals surface area contributed by atoms with Crippen molar-refractivity contribution in [1.29, 1.82) is 0 Å². The second kappa shape index (κ2) is 5.19. The van der Waals surface area contributed by atoms with E-state index in [9.17, 15) is 4.79 Å². The van der Waals surface area contributed by atoms with Crippen molar-refractivity contribution >= 4 is 5.91 Å². The highest BCUT2D eigenvalue weighted by Gasteiger charge is 2.06. The first-order chi connectivity index (χ1) is 6.74. The third kappa shape index (κ3) is 3.03. The molecular formula is C11H13NO2. The molecule has 0 atom stereocenters. The summed E-state index contributed by atoms with van der Waals surface area (Å²) in [5, 5.41) is 0. The summed E-state index contributed by atoms with van der Waals surface area (Å²) in [5.74, 6) is -0.281. The van der Waals surface area contributed by atoms with Gasteiger partial charge in [-0.25, -0.2) is 5.48 Å². The van der Waals surface area contributed by atoms with E-state index in [0.29, 0.717) is 12.0 Å². The zero-order valence-corrected chi connectivity index (χ0v) is 8.12. The lowest BCUT2D eigenvalue weighted by molar-refractivity contribution is -0.127. The molecule has 1 aromatic carbocycles. The first-order valence-corrected chi connectivity index (χ1v) is 4.29. The molecule has 0 heterocycles. The molecule has 14 heavy (non-hydrogen) atoms. The van der Waals surface area contributed by atoms with Gasteiger partial charge in [-0.05, 0) is 5.56 Å². The van der Waals surface area contributed by atoms with Gasteiger partial charge >= 0.3 is 0 Å². The van der Waals surface area contributed by atoms with E-state index in [2.05, 4.69) is 16.9 Å². The highest BCUT2D eigenvalue weighted by molar-refractivity contribution is 5.92. The Morgan fingerprint density at radius 1 is 1.43 bits per heavy atom. The van der Waals surface area contributed by atoms with Crippen molar-refractivity contribution in [3.05, 3.63) is 48.0 Å². The lowest BCUT2D eigenvalue weighted by atomic mass is 10.1. The molecule has 74 valence electrons. The maximum absolute atomic E-state index is 11.2. The Morgan fingerprint density at radius 2 is 2.07 bits per heavy atom. The number of hydroxylamine groups is 1. The summed E-state index contributed by atoms with van der Waals surface area (Å²) in [7, 11) is 1.40. The summed E-state index contributed by atoms with van der Waals surface area (Å²) in [6.07, 6.45) is 0.538. The fourth-order valence-corrected chi connectivity index (χ4v) is 1.09. The van der Waals surface area contributed by atoms with Crippen LogP contribution < -0.4 is 5.48 Å². The topological polar surface area (TPSA) is 38.3 Å². The number of carbonyl (C=O) groups excluding carboxylic acids is 1. The minimum atomic E-state index is -0.281. The van der Waals surface area contributed by atoms with Crippen molar-refractivity contribution in [2.24, 2.45) is 0 Å². The van der Waals surface area contributed by atoms with Crippen molar-refractivity contribution in [3.8, 4) is 0 Å². The minimum Gasteiger partial charge on any atom is -0.277 e. The lowest BCUT2D eigenvalue weighted by Crippen LogP contribution is -2.23. The third-order valence-corrected chi connectivity index (χ3v) is 1.78. The molecule has 0 bridgehead atoms. The van der Waals surface area contributed by atoms with Crippen LogP contribution in [0.15, 0.2) is 42.5 Å². The Hall–Kier alpha value is -1.61. The van der Waals surface area contributed by atoms with Gasteiger partial charge in [0.25, 0.3) is 5.91 Å². The lowest BCUT2D eigenvalue weighted by Gasteiger charge is -2.04. The van der Waals surface area contributed by atoms with E-state index in [1.807, 2.05) is 30.3 Å². The molecule has 0 aliphatic heterocycles. The normalized spacial score (nSPS) is 9.50. The Labute approximate surface area is 83.3 Å². The fourth-order valence-electron chi connectivity index (χ4n) is 1.09. The summed E-state index contributed by atoms with van der Waals surface area (Å²) < 4.78 is 0. The molecular weight excluding hydrogens is 178 g/mol. The van der Waals surface area contributed by atoms with Crippen LogP contribution in [0.2, 0.25) is 0 Å². The summed E-state index contributed by atoms with van der Waals surface area (Å²) >= 11 is 0. The molecule has 3 nitrogen and oxygen atoms in total. The Kier molecular flexibility index (Phi) is 3.88. The Bertz CT molecular complexity index is 319. The molecule has 0 fully saturated rings. The van der Waals surface area contributed by atoms with E-state index in [4.69, 9.17) is 0 Å². The van der Waals surface area contributed by atoms with Crippen LogP contribution in [0.25, 0.3) is 0 Å². The van der Waals surface area contributed by atoms with Crippen molar-refractivity contribution in [2.75, 3.05) is 7.11 Å². The van der Waals surface area contributed by atoms with Crippen LogP contribution in [0.4, 0.5) is 0 Å². The van der Waals surface area contributed by atoms with E-state index in [-0.39, 0.29) is 5.91 Å². The van der Waals surface area contributed by atoms with Crippen LogP contribution in [0, 0.1) is 0 Å². The standard InChI is InChI=1S/C11H13NO2/c1-9(11(13)12-14-2)8-10-6-4-3-5-7-10/h3-7H,1,8H2,2H3,(H,12,13). The largest absolute Gasteiger partial charge is 0.277 e. The van der Waals surface area contributed by atoms with Gasteiger partial charge in [-0.15, -0.1) is 0 Å². The molecule has 3 heteroatoms. The summed E-state index contributed by atoms with van der Waals surface area (Å²) in [6.45, 7) is 3.68. The predicted molar refractivity (Wildman–Crippen MR) is 54.4 cm³/mol. The van der Waals surface area contributed by atoms with Crippen molar-refractivity contribution < 1.29 is 9.63 Å². The van der Waals surface area contributed by atoms with Crippen LogP contribution >= 0.6 is 0 Å². The molecule has 0 aliphatic carbocycles. The van der Waals surface area contributed by atoms with Crippen LogP contribution in [0.5, 0.6) is 0 Å². The molecule has 1 N–H and O–H groups in total. The smallest absolute Gasteiger partial charge is 0.270 e. The van der Waals surface area contributed by atoms with Gasteiger partial charge in [-0.2, -0.15) is 0 Å². The average molecular weight is 191 g/mol. The number of rotatable bonds is 4. The quantitative estimate of drug-likeness (QED) is 0.578. The van der Waals surface area contributed by atoms with Crippen molar-refractivity contribution in [1.82, 2.24) is 5.48 Å². The molecule has 1 rings (SSSR count). The maximum atomic E-state index is 11.2. The van der Waals surface area contributed by atoms with Gasteiger partial charge < -0.3 is 0 Å². The first-order valence-electron chi connectivity index (χ1n) is 4.29. The third-order valence-electron chi connectivity index (χ3n) is 1.78. The van der Waals surface area contributed by atoms with Crippen LogP contribution in [0.3, 0.4) is 0 Å². The van der Waals surface area contributed by atoms with E-state index < -0.39 is 0 Å². The highest BCUT2D eigenvalue weighted by Crippen LogP contribution is 2.05. The maximum Gasteiger partial charge on any atom is 0.270 e. The highest BCUT2D eigenvalue weighted by atomic mass is 16.6. The summed E-state index contributed by atoms with van der Waals surface area (Å²) in [5.41, 5.74) is 3.77. The van der Waals surface area contributed by atoms with E-state index in [1.165, 1.54) is 7.11 Å². The van der Waals surface area contributed by atoms with Crippen LogP contribution in [-0.2, 0) is 16.1 Å². The van der Waals surface area contributed by atoms with Crippen molar-refractivity contribution in [2.45, 2.75) is 6.42 Å². The number of hydrogen-bond acceptors (Lipinski definition) is 2. The van der Waals surface area contributed by atoms with Gasteiger partial charge in [0, 0.05) is 12.0 Å². The molecule has 1 aromatic rings. The van der Waals surface area contributed by atoms with Crippen molar-refractivity contribution in [3.63, 3.8) is 0 Å². The molecule has 0 unspecified atom stereocenters. The predicted octanol–water partition coefficient (Wildman–Crippen LogP) is 1.46. The Balaban J connectivity index is 2.53. The van der Waals surface area contributed by atoms with Crippen LogP contribution in [0.1, 0.15) is 5.56 Å². The molecule has 1 amide bonds. The first kappa shape index (κ1) is 10.5. The van der Waals surface area contributed by atoms with Gasteiger partial charge in [0.1, 0.15) is 0 Å². The molecule has 0 radical (unpaired) electrons. The van der Waals surface area contributed by atoms with E-state index >= 15 is 0 Å². The zero-order valence-electron chi connectivity index (χ0n) is 8.12. The van der Waals surface area contributed by atoms with Crippen LogP contribution in [-0.4, -0.2) is 13.0 Å². The fraction of sp³-hybridized carbons (Fsp3) is 0.182. The van der Waals surface area contributed by atoms with E-state index in [0.717, 1.165) is 5.56 Å². The molecule has 0 aliphatic rings. The second-order valence-corrected chi connectivity index (χ2v) is 2.90. The Morgan fingerprint density at radius 3 is 2.64 bits per heavy atom. The minimum absolute atomic E-state index is 0.281. The second-order valence-electron chi connectivity index (χ2n) is 2.90. The van der Waals surface area contributed by atoms with Gasteiger partial charge in [0.2, 0.25) is 0 Å². The van der Waals surface area contributed by atoms with Gasteiger partial charge in [0.05, 0.1) is 7.11 Å². The number of benzene rings is 1. The number of hydrogen-bond donors (Lipinski definition) is 1. The molecule has 0 aromatic heterocycles. The number of amides is 1. The average Bonchev–Trinajstić information content (AvgIpc) is 2.19. The SMILES string of the molecule is C=C(Cc1ccccc1)C(=O)NOC. The summed E-state index contributed by atoms with van der Waals surface area (Å²) in [4.78, 5) is 15.7. The summed E-state index contributed by atoms with van der Waals surface area (Å²) in [6, 6.07) is 9.69. The van der Waals surface area contributed by atoms with Gasteiger partial charge in [-0.1, -0.05) is 36.9 Å². The molecule has 0 spiro atoms. The van der Waals surface area contributed by atoms with Gasteiger partial charge in [-0.3, -0.25) is 9.63 Å². The number of nitrogens with one attached hydrogen (secondary N) is 1. The monoisotopic (exact) mass is 191 g/mol. The number of carbonyl (C=O) groups is 1. The van der Waals surface area contributed by atoms with Gasteiger partial charge in [0.15, 0.2) is 0 Å². The zero-order chi connectivity index (χ0) is 10.4. The van der Waals surface area contributed by atoms with E-state index in [1.54, 1.807) is 0 Å².